The van der Waals surface area contributed by atoms with E-state index in [0.717, 1.165) is 11.3 Å². The van der Waals surface area contributed by atoms with E-state index in [1.54, 1.807) is 12.1 Å². The van der Waals surface area contributed by atoms with Crippen LogP contribution in [0.2, 0.25) is 0 Å². The maximum Gasteiger partial charge on any atom is 0.387 e. The lowest BCUT2D eigenvalue weighted by atomic mass is 10.2. The van der Waals surface area contributed by atoms with Crippen molar-refractivity contribution in [3.05, 3.63) is 57.7 Å². The van der Waals surface area contributed by atoms with Crippen molar-refractivity contribution in [2.24, 2.45) is 0 Å². The van der Waals surface area contributed by atoms with Crippen LogP contribution in [0, 0.1) is 3.57 Å². The van der Waals surface area contributed by atoms with Gasteiger partial charge in [-0.3, -0.25) is 0 Å². The van der Waals surface area contributed by atoms with Gasteiger partial charge in [0.15, 0.2) is 0 Å². The van der Waals surface area contributed by atoms with E-state index < -0.39 is 6.61 Å². The van der Waals surface area contributed by atoms with Crippen LogP contribution in [-0.4, -0.2) is 6.61 Å². The number of rotatable bonds is 5. The molecule has 0 bridgehead atoms. The fourth-order valence-electron chi connectivity index (χ4n) is 1.56. The number of benzene rings is 2. The van der Waals surface area contributed by atoms with E-state index in [1.807, 2.05) is 24.3 Å². The van der Waals surface area contributed by atoms with Crippen LogP contribution < -0.4 is 10.1 Å². The summed E-state index contributed by atoms with van der Waals surface area (Å²) in [5.74, 6) is 0.162. The first-order valence-electron chi connectivity index (χ1n) is 5.67. The fourth-order valence-corrected chi connectivity index (χ4v) is 1.92. The van der Waals surface area contributed by atoms with Crippen LogP contribution in [0.5, 0.6) is 5.75 Å². The summed E-state index contributed by atoms with van der Waals surface area (Å²) in [4.78, 5) is 0. The van der Waals surface area contributed by atoms with Gasteiger partial charge in [0.1, 0.15) is 5.75 Å². The van der Waals surface area contributed by atoms with Gasteiger partial charge in [-0.05, 0) is 64.6 Å². The number of hydrogen-bond acceptors (Lipinski definition) is 2. The molecule has 2 nitrogen and oxygen atoms in total. The van der Waals surface area contributed by atoms with Gasteiger partial charge in [0, 0.05) is 15.8 Å². The molecule has 2 aromatic carbocycles. The molecular formula is C14H12F2INO. The molecule has 19 heavy (non-hydrogen) atoms. The van der Waals surface area contributed by atoms with E-state index in [0.29, 0.717) is 6.54 Å². The Morgan fingerprint density at radius 2 is 1.63 bits per heavy atom. The van der Waals surface area contributed by atoms with Crippen molar-refractivity contribution >= 4 is 28.3 Å². The minimum Gasteiger partial charge on any atom is -0.435 e. The molecule has 0 saturated carbocycles. The summed E-state index contributed by atoms with van der Waals surface area (Å²) in [6.45, 7) is -2.10. The van der Waals surface area contributed by atoms with Gasteiger partial charge in [0.2, 0.25) is 0 Å². The number of ether oxygens (including phenoxy) is 1. The molecule has 100 valence electrons. The first kappa shape index (κ1) is 14.0. The summed E-state index contributed by atoms with van der Waals surface area (Å²) >= 11 is 2.25. The molecule has 0 unspecified atom stereocenters. The third-order valence-corrected chi connectivity index (χ3v) is 3.21. The second kappa shape index (κ2) is 6.70. The van der Waals surface area contributed by atoms with Crippen molar-refractivity contribution in [2.75, 3.05) is 5.32 Å². The van der Waals surface area contributed by atoms with Crippen molar-refractivity contribution < 1.29 is 13.5 Å². The van der Waals surface area contributed by atoms with Gasteiger partial charge in [-0.15, -0.1) is 0 Å². The van der Waals surface area contributed by atoms with Crippen molar-refractivity contribution in [1.82, 2.24) is 0 Å². The molecule has 2 rings (SSSR count). The van der Waals surface area contributed by atoms with Crippen molar-refractivity contribution in [2.45, 2.75) is 13.2 Å². The first-order valence-corrected chi connectivity index (χ1v) is 6.74. The molecule has 0 aromatic heterocycles. The highest BCUT2D eigenvalue weighted by atomic mass is 127. The van der Waals surface area contributed by atoms with Gasteiger partial charge in [-0.2, -0.15) is 8.78 Å². The number of halogens is 3. The molecule has 5 heteroatoms. The Kier molecular flexibility index (Phi) is 4.95. The summed E-state index contributed by atoms with van der Waals surface area (Å²) < 4.78 is 29.4. The average molecular weight is 375 g/mol. The van der Waals surface area contributed by atoms with E-state index in [9.17, 15) is 8.78 Å². The summed E-state index contributed by atoms with van der Waals surface area (Å²) in [5.41, 5.74) is 2.02. The Morgan fingerprint density at radius 3 is 2.21 bits per heavy atom. The maximum atomic E-state index is 12.0. The Hall–Kier alpha value is -1.37. The molecule has 0 amide bonds. The molecule has 0 aliphatic carbocycles. The quantitative estimate of drug-likeness (QED) is 0.777. The molecule has 0 fully saturated rings. The second-order valence-corrected chi connectivity index (χ2v) is 5.13. The fraction of sp³-hybridized carbons (Fsp3) is 0.143. The molecule has 0 atom stereocenters. The minimum absolute atomic E-state index is 0.162. The van der Waals surface area contributed by atoms with Crippen LogP contribution in [0.3, 0.4) is 0 Å². The largest absolute Gasteiger partial charge is 0.435 e. The van der Waals surface area contributed by atoms with Gasteiger partial charge in [0.25, 0.3) is 0 Å². The van der Waals surface area contributed by atoms with E-state index in [4.69, 9.17) is 0 Å². The maximum absolute atomic E-state index is 12.0. The highest BCUT2D eigenvalue weighted by Gasteiger charge is 2.03. The smallest absolute Gasteiger partial charge is 0.387 e. The molecular weight excluding hydrogens is 363 g/mol. The summed E-state index contributed by atoms with van der Waals surface area (Å²) in [5, 5.41) is 3.22. The molecule has 1 N–H and O–H groups in total. The Bertz CT molecular complexity index is 514. The van der Waals surface area contributed by atoms with Crippen molar-refractivity contribution in [3.63, 3.8) is 0 Å². The molecule has 2 aromatic rings. The average Bonchev–Trinajstić information content (AvgIpc) is 2.39. The normalized spacial score (nSPS) is 10.5. The Morgan fingerprint density at radius 1 is 1.00 bits per heavy atom. The Balaban J connectivity index is 1.91. The second-order valence-electron chi connectivity index (χ2n) is 3.88. The van der Waals surface area contributed by atoms with E-state index in [1.165, 1.54) is 15.7 Å². The zero-order chi connectivity index (χ0) is 13.7. The van der Waals surface area contributed by atoms with Gasteiger partial charge in [0.05, 0.1) is 0 Å². The van der Waals surface area contributed by atoms with Crippen LogP contribution in [0.25, 0.3) is 0 Å². The summed E-state index contributed by atoms with van der Waals surface area (Å²) in [6.07, 6.45) is 0. The predicted molar refractivity (Wildman–Crippen MR) is 79.6 cm³/mol. The zero-order valence-electron chi connectivity index (χ0n) is 9.95. The van der Waals surface area contributed by atoms with Crippen molar-refractivity contribution in [3.8, 4) is 5.75 Å². The lowest BCUT2D eigenvalue weighted by Crippen LogP contribution is -2.02. The van der Waals surface area contributed by atoms with Crippen LogP contribution in [0.1, 0.15) is 5.56 Å². The Labute approximate surface area is 123 Å². The predicted octanol–water partition coefficient (Wildman–Crippen LogP) is 4.50. The number of alkyl halides is 2. The third-order valence-electron chi connectivity index (χ3n) is 2.49. The summed E-state index contributed by atoms with van der Waals surface area (Å²) in [7, 11) is 0. The van der Waals surface area contributed by atoms with Crippen LogP contribution in [-0.2, 0) is 6.54 Å². The van der Waals surface area contributed by atoms with E-state index >= 15 is 0 Å². The SMILES string of the molecule is FC(F)Oc1ccc(NCc2ccc(I)cc2)cc1. The minimum atomic E-state index is -2.79. The highest BCUT2D eigenvalue weighted by molar-refractivity contribution is 14.1. The molecule has 0 saturated heterocycles. The topological polar surface area (TPSA) is 21.3 Å². The lowest BCUT2D eigenvalue weighted by Gasteiger charge is -2.08. The van der Waals surface area contributed by atoms with E-state index in [-0.39, 0.29) is 5.75 Å². The zero-order valence-corrected chi connectivity index (χ0v) is 12.1. The molecule has 0 heterocycles. The van der Waals surface area contributed by atoms with Gasteiger partial charge in [-0.25, -0.2) is 0 Å². The third kappa shape index (κ3) is 4.66. The standard InChI is InChI=1S/C14H12F2INO/c15-14(16)19-13-7-5-12(6-8-13)18-9-10-1-3-11(17)4-2-10/h1-8,14,18H,9H2. The molecule has 0 radical (unpaired) electrons. The van der Waals surface area contributed by atoms with Crippen LogP contribution >= 0.6 is 22.6 Å². The van der Waals surface area contributed by atoms with Gasteiger partial charge in [-0.1, -0.05) is 12.1 Å². The van der Waals surface area contributed by atoms with Crippen molar-refractivity contribution in [1.29, 1.82) is 0 Å². The molecule has 0 aliphatic heterocycles. The van der Waals surface area contributed by atoms with Gasteiger partial charge < -0.3 is 10.1 Å². The first-order chi connectivity index (χ1) is 9.13. The van der Waals surface area contributed by atoms with Crippen LogP contribution in [0.4, 0.5) is 14.5 Å². The summed E-state index contributed by atoms with van der Waals surface area (Å²) in [6, 6.07) is 14.6. The lowest BCUT2D eigenvalue weighted by molar-refractivity contribution is -0.0498. The molecule has 0 spiro atoms. The van der Waals surface area contributed by atoms with E-state index in [2.05, 4.69) is 32.6 Å². The highest BCUT2D eigenvalue weighted by Crippen LogP contribution is 2.18. The number of nitrogens with one attached hydrogen (secondary N) is 1. The van der Waals surface area contributed by atoms with Crippen LogP contribution in [0.15, 0.2) is 48.5 Å². The molecule has 0 aliphatic rings. The van der Waals surface area contributed by atoms with Gasteiger partial charge >= 0.3 is 6.61 Å². The number of hydrogen-bond donors (Lipinski definition) is 1. The monoisotopic (exact) mass is 375 g/mol. The number of anilines is 1.